The maximum atomic E-state index is 13.1. The Morgan fingerprint density at radius 3 is 2.85 bits per heavy atom. The van der Waals surface area contributed by atoms with Crippen LogP contribution in [0.25, 0.3) is 0 Å². The second-order valence-corrected chi connectivity index (χ2v) is 6.77. The largest absolute Gasteiger partial charge is 0.467 e. The summed E-state index contributed by atoms with van der Waals surface area (Å²) in [6.45, 7) is 0.279. The van der Waals surface area contributed by atoms with E-state index in [-0.39, 0.29) is 24.5 Å². The van der Waals surface area contributed by atoms with Crippen LogP contribution in [0.4, 0.5) is 0 Å². The Morgan fingerprint density at radius 1 is 1.35 bits per heavy atom. The molecule has 0 unspecified atom stereocenters. The number of carbonyl (C=O) groups is 2. The number of amides is 2. The van der Waals surface area contributed by atoms with Gasteiger partial charge in [-0.1, -0.05) is 6.07 Å². The molecule has 1 aliphatic heterocycles. The van der Waals surface area contributed by atoms with Crippen molar-refractivity contribution in [1.29, 1.82) is 0 Å². The third-order valence-corrected chi connectivity index (χ3v) is 4.82. The van der Waals surface area contributed by atoms with Gasteiger partial charge in [0.1, 0.15) is 12.4 Å². The number of furan rings is 1. The zero-order valence-electron chi connectivity index (χ0n) is 14.6. The smallest absolute Gasteiger partial charge is 0.254 e. The van der Waals surface area contributed by atoms with Crippen molar-refractivity contribution in [3.05, 3.63) is 54.2 Å². The third-order valence-electron chi connectivity index (χ3n) is 4.82. The summed E-state index contributed by atoms with van der Waals surface area (Å²) in [6.07, 6.45) is 6.14. The van der Waals surface area contributed by atoms with Gasteiger partial charge in [-0.25, -0.2) is 0 Å². The van der Waals surface area contributed by atoms with Gasteiger partial charge < -0.3 is 19.0 Å². The fourth-order valence-corrected chi connectivity index (χ4v) is 3.44. The van der Waals surface area contributed by atoms with Gasteiger partial charge in [0.2, 0.25) is 5.91 Å². The van der Waals surface area contributed by atoms with E-state index in [4.69, 9.17) is 9.15 Å². The Balaban J connectivity index is 1.61. The van der Waals surface area contributed by atoms with Gasteiger partial charge in [0.05, 0.1) is 18.8 Å². The van der Waals surface area contributed by atoms with Crippen molar-refractivity contribution < 1.29 is 18.7 Å². The first-order valence-corrected chi connectivity index (χ1v) is 8.75. The van der Waals surface area contributed by atoms with Crippen LogP contribution in [0.5, 0.6) is 0 Å². The minimum atomic E-state index is -0.752. The molecule has 0 spiro atoms. The fraction of sp³-hybridized carbons (Fsp3) is 0.421. The van der Waals surface area contributed by atoms with Gasteiger partial charge in [-0.15, -0.1) is 0 Å². The fourth-order valence-electron chi connectivity index (χ4n) is 3.44. The van der Waals surface area contributed by atoms with Gasteiger partial charge >= 0.3 is 0 Å². The van der Waals surface area contributed by atoms with Gasteiger partial charge in [-0.2, -0.15) is 0 Å². The number of rotatable bonds is 5. The summed E-state index contributed by atoms with van der Waals surface area (Å²) in [5.41, 5.74) is 0.817. The minimum absolute atomic E-state index is 0.0703. The summed E-state index contributed by atoms with van der Waals surface area (Å²) in [6, 6.07) is 7.04. The molecule has 2 amide bonds. The molecule has 2 aliphatic rings. The number of nitrogens with zero attached hydrogens (tertiary/aromatic N) is 3. The first kappa shape index (κ1) is 16.8. The molecule has 0 aromatic carbocycles. The van der Waals surface area contributed by atoms with Crippen LogP contribution in [0.15, 0.2) is 47.3 Å². The molecule has 3 heterocycles. The Bertz CT molecular complexity index is 773. The number of morpholine rings is 1. The van der Waals surface area contributed by atoms with Gasteiger partial charge in [0, 0.05) is 25.5 Å². The first-order valence-electron chi connectivity index (χ1n) is 8.75. The van der Waals surface area contributed by atoms with Crippen LogP contribution in [-0.4, -0.2) is 52.4 Å². The summed E-state index contributed by atoms with van der Waals surface area (Å²) >= 11 is 0. The van der Waals surface area contributed by atoms with Crippen LogP contribution >= 0.6 is 0 Å². The van der Waals surface area contributed by atoms with E-state index in [1.807, 2.05) is 23.1 Å². The van der Waals surface area contributed by atoms with E-state index in [2.05, 4.69) is 4.98 Å². The normalized spacial score (nSPS) is 23.1. The molecule has 7 heteroatoms. The van der Waals surface area contributed by atoms with Crippen molar-refractivity contribution in [2.75, 3.05) is 13.7 Å². The molecular formula is C19H21N3O4. The van der Waals surface area contributed by atoms with Crippen LogP contribution in [-0.2, 0) is 20.9 Å². The van der Waals surface area contributed by atoms with E-state index >= 15 is 0 Å². The van der Waals surface area contributed by atoms with E-state index in [0.29, 0.717) is 12.3 Å². The second-order valence-electron chi connectivity index (χ2n) is 6.77. The van der Waals surface area contributed by atoms with Crippen LogP contribution in [0.3, 0.4) is 0 Å². The van der Waals surface area contributed by atoms with Gasteiger partial charge in [0.15, 0.2) is 6.10 Å². The average molecular weight is 355 g/mol. The Morgan fingerprint density at radius 2 is 2.19 bits per heavy atom. The molecule has 2 aromatic heterocycles. The maximum Gasteiger partial charge on any atom is 0.254 e. The lowest BCUT2D eigenvalue weighted by molar-refractivity contribution is -0.170. The molecule has 26 heavy (non-hydrogen) atoms. The molecule has 0 radical (unpaired) electrons. The predicted octanol–water partition coefficient (Wildman–Crippen LogP) is 1.76. The standard InChI is InChI=1S/C19H21N3O4/c1-21(11-15-5-3-9-25-15)19(24)18-17(13-4-2-8-20-10-13)22(14-6-7-14)16(23)12-26-18/h2-5,8-10,14,17-18H,6-7,11-12H2,1H3/t17-,18+/m1/s1. The summed E-state index contributed by atoms with van der Waals surface area (Å²) in [5, 5.41) is 0. The molecule has 1 saturated heterocycles. The number of hydrogen-bond donors (Lipinski definition) is 0. The Hall–Kier alpha value is -2.67. The van der Waals surface area contributed by atoms with Crippen molar-refractivity contribution in [3.63, 3.8) is 0 Å². The Labute approximate surface area is 151 Å². The molecule has 2 aromatic rings. The van der Waals surface area contributed by atoms with Crippen molar-refractivity contribution in [1.82, 2.24) is 14.8 Å². The second kappa shape index (κ2) is 6.92. The van der Waals surface area contributed by atoms with E-state index in [9.17, 15) is 9.59 Å². The highest BCUT2D eigenvalue weighted by Crippen LogP contribution is 2.39. The molecule has 136 valence electrons. The molecule has 2 atom stereocenters. The zero-order chi connectivity index (χ0) is 18.1. The van der Waals surface area contributed by atoms with Crippen LogP contribution in [0, 0.1) is 0 Å². The van der Waals surface area contributed by atoms with Crippen molar-refractivity contribution in [3.8, 4) is 0 Å². The summed E-state index contributed by atoms with van der Waals surface area (Å²) in [4.78, 5) is 33.2. The lowest BCUT2D eigenvalue weighted by Crippen LogP contribution is -2.55. The molecule has 4 rings (SSSR count). The van der Waals surface area contributed by atoms with Crippen LogP contribution in [0.2, 0.25) is 0 Å². The molecule has 0 N–H and O–H groups in total. The summed E-state index contributed by atoms with van der Waals surface area (Å²) in [5.74, 6) is 0.456. The summed E-state index contributed by atoms with van der Waals surface area (Å²) in [7, 11) is 1.71. The zero-order valence-corrected chi connectivity index (χ0v) is 14.6. The maximum absolute atomic E-state index is 13.1. The highest BCUT2D eigenvalue weighted by Gasteiger charge is 2.48. The van der Waals surface area contributed by atoms with Gasteiger partial charge in [-0.3, -0.25) is 14.6 Å². The quantitative estimate of drug-likeness (QED) is 0.817. The van der Waals surface area contributed by atoms with Crippen molar-refractivity contribution in [2.24, 2.45) is 0 Å². The molecular weight excluding hydrogens is 334 g/mol. The number of pyridine rings is 1. The molecule has 2 fully saturated rings. The van der Waals surface area contributed by atoms with Crippen molar-refractivity contribution >= 4 is 11.8 Å². The van der Waals surface area contributed by atoms with E-state index in [1.54, 1.807) is 36.7 Å². The highest BCUT2D eigenvalue weighted by atomic mass is 16.5. The summed E-state index contributed by atoms with van der Waals surface area (Å²) < 4.78 is 11.1. The minimum Gasteiger partial charge on any atom is -0.467 e. The molecule has 1 saturated carbocycles. The molecule has 1 aliphatic carbocycles. The number of likely N-dealkylation sites (N-methyl/N-ethyl adjacent to an activating group) is 1. The lowest BCUT2D eigenvalue weighted by Gasteiger charge is -2.41. The van der Waals surface area contributed by atoms with E-state index in [1.165, 1.54) is 0 Å². The number of carbonyl (C=O) groups excluding carboxylic acids is 2. The SMILES string of the molecule is CN(Cc1ccco1)C(=O)[C@H]1OCC(=O)N(C2CC2)[C@@H]1c1cccnc1. The van der Waals surface area contributed by atoms with E-state index < -0.39 is 12.1 Å². The van der Waals surface area contributed by atoms with Crippen LogP contribution < -0.4 is 0 Å². The molecule has 0 bridgehead atoms. The lowest BCUT2D eigenvalue weighted by atomic mass is 9.98. The van der Waals surface area contributed by atoms with Crippen molar-refractivity contribution in [2.45, 2.75) is 37.6 Å². The monoisotopic (exact) mass is 355 g/mol. The third kappa shape index (κ3) is 3.22. The highest BCUT2D eigenvalue weighted by molar-refractivity contribution is 5.86. The van der Waals surface area contributed by atoms with Crippen LogP contribution in [0.1, 0.15) is 30.2 Å². The average Bonchev–Trinajstić information content (AvgIpc) is 3.37. The topological polar surface area (TPSA) is 75.9 Å². The van der Waals surface area contributed by atoms with Gasteiger partial charge in [0.25, 0.3) is 5.91 Å². The number of aromatic nitrogens is 1. The first-order chi connectivity index (χ1) is 12.6. The number of hydrogen-bond acceptors (Lipinski definition) is 5. The number of ether oxygens (including phenoxy) is 1. The Kier molecular flexibility index (Phi) is 4.46. The van der Waals surface area contributed by atoms with Gasteiger partial charge in [-0.05, 0) is 36.6 Å². The molecule has 7 nitrogen and oxygen atoms in total. The predicted molar refractivity (Wildman–Crippen MR) is 91.8 cm³/mol. The van der Waals surface area contributed by atoms with E-state index in [0.717, 1.165) is 18.4 Å².